The summed E-state index contributed by atoms with van der Waals surface area (Å²) in [5, 5.41) is 14.3. The van der Waals surface area contributed by atoms with E-state index in [4.69, 9.17) is 4.74 Å². The minimum absolute atomic E-state index is 0.0365. The molecular formula is C20H26N2O3. The Morgan fingerprint density at radius 3 is 2.88 bits per heavy atom. The number of aromatic hydroxyl groups is 1. The SMILES string of the molecule is CC(C)n1nccc1C1CCCCC1COc1cccc(O)c1C=O. The molecule has 5 nitrogen and oxygen atoms in total. The molecule has 1 N–H and O–H groups in total. The van der Waals surface area contributed by atoms with Crippen LogP contribution < -0.4 is 4.74 Å². The molecule has 1 aromatic heterocycles. The van der Waals surface area contributed by atoms with Gasteiger partial charge in [0.1, 0.15) is 11.5 Å². The van der Waals surface area contributed by atoms with Gasteiger partial charge in [-0.2, -0.15) is 5.10 Å². The van der Waals surface area contributed by atoms with Crippen molar-refractivity contribution in [1.82, 2.24) is 9.78 Å². The fraction of sp³-hybridized carbons (Fsp3) is 0.500. The van der Waals surface area contributed by atoms with Crippen LogP contribution in [0.1, 0.15) is 67.5 Å². The number of hydrogen-bond donors (Lipinski definition) is 1. The molecule has 0 aliphatic heterocycles. The predicted molar refractivity (Wildman–Crippen MR) is 96.3 cm³/mol. The Morgan fingerprint density at radius 2 is 2.12 bits per heavy atom. The van der Waals surface area contributed by atoms with Gasteiger partial charge in [0.2, 0.25) is 0 Å². The molecular weight excluding hydrogens is 316 g/mol. The first kappa shape index (κ1) is 17.5. The number of carbonyl (C=O) groups is 1. The van der Waals surface area contributed by atoms with Gasteiger partial charge in [-0.05, 0) is 44.9 Å². The van der Waals surface area contributed by atoms with Crippen molar-refractivity contribution >= 4 is 6.29 Å². The number of nitrogens with zero attached hydrogens (tertiary/aromatic N) is 2. The Labute approximate surface area is 148 Å². The maximum Gasteiger partial charge on any atom is 0.157 e. The van der Waals surface area contributed by atoms with E-state index < -0.39 is 0 Å². The van der Waals surface area contributed by atoms with E-state index in [2.05, 4.69) is 29.7 Å². The molecule has 2 atom stereocenters. The highest BCUT2D eigenvalue weighted by atomic mass is 16.5. The summed E-state index contributed by atoms with van der Waals surface area (Å²) >= 11 is 0. The zero-order chi connectivity index (χ0) is 17.8. The molecule has 0 saturated heterocycles. The van der Waals surface area contributed by atoms with Crippen molar-refractivity contribution in [2.45, 2.75) is 51.5 Å². The van der Waals surface area contributed by atoms with Crippen molar-refractivity contribution < 1.29 is 14.6 Å². The Hall–Kier alpha value is -2.30. The van der Waals surface area contributed by atoms with Crippen LogP contribution in [0.25, 0.3) is 0 Å². The third-order valence-electron chi connectivity index (χ3n) is 5.09. The molecule has 1 aliphatic carbocycles. The van der Waals surface area contributed by atoms with Crippen LogP contribution in [0.2, 0.25) is 0 Å². The highest BCUT2D eigenvalue weighted by Crippen LogP contribution is 2.39. The van der Waals surface area contributed by atoms with Crippen LogP contribution >= 0.6 is 0 Å². The minimum Gasteiger partial charge on any atom is -0.507 e. The van der Waals surface area contributed by atoms with Crippen molar-refractivity contribution in [1.29, 1.82) is 0 Å². The Bertz CT molecular complexity index is 723. The molecule has 1 heterocycles. The summed E-state index contributed by atoms with van der Waals surface area (Å²) in [4.78, 5) is 11.2. The van der Waals surface area contributed by atoms with E-state index in [-0.39, 0.29) is 11.3 Å². The van der Waals surface area contributed by atoms with Gasteiger partial charge in [0.25, 0.3) is 0 Å². The average Bonchev–Trinajstić information content (AvgIpc) is 3.10. The van der Waals surface area contributed by atoms with Crippen LogP contribution in [0.3, 0.4) is 0 Å². The standard InChI is InChI=1S/C20H26N2O3/c1-14(2)22-18(10-11-21-22)16-7-4-3-6-15(16)13-25-20-9-5-8-19(24)17(20)12-23/h5,8-12,14-16,24H,3-4,6-7,13H2,1-2H3. The molecule has 1 fully saturated rings. The van der Waals surface area contributed by atoms with Gasteiger partial charge in [-0.3, -0.25) is 9.48 Å². The van der Waals surface area contributed by atoms with Crippen molar-refractivity contribution in [2.75, 3.05) is 6.61 Å². The smallest absolute Gasteiger partial charge is 0.157 e. The lowest BCUT2D eigenvalue weighted by atomic mass is 9.77. The highest BCUT2D eigenvalue weighted by Gasteiger charge is 2.30. The number of ether oxygens (including phenoxy) is 1. The first-order valence-electron chi connectivity index (χ1n) is 9.05. The fourth-order valence-corrected chi connectivity index (χ4v) is 3.82. The number of benzene rings is 1. The number of phenols is 1. The number of aldehydes is 1. The van der Waals surface area contributed by atoms with Gasteiger partial charge in [-0.15, -0.1) is 0 Å². The van der Waals surface area contributed by atoms with Crippen LogP contribution in [0.15, 0.2) is 30.5 Å². The minimum atomic E-state index is -0.0365. The zero-order valence-corrected chi connectivity index (χ0v) is 14.9. The topological polar surface area (TPSA) is 64.3 Å². The van der Waals surface area contributed by atoms with E-state index in [1.165, 1.54) is 24.6 Å². The molecule has 3 rings (SSSR count). The van der Waals surface area contributed by atoms with Gasteiger partial charge >= 0.3 is 0 Å². The summed E-state index contributed by atoms with van der Waals surface area (Å²) in [6, 6.07) is 7.39. The molecule has 1 aromatic carbocycles. The maximum absolute atomic E-state index is 11.2. The molecule has 2 unspecified atom stereocenters. The van der Waals surface area contributed by atoms with Crippen molar-refractivity contribution in [3.63, 3.8) is 0 Å². The monoisotopic (exact) mass is 342 g/mol. The lowest BCUT2D eigenvalue weighted by Crippen LogP contribution is -2.26. The first-order chi connectivity index (χ1) is 12.1. The maximum atomic E-state index is 11.2. The molecule has 0 bridgehead atoms. The second-order valence-electron chi connectivity index (χ2n) is 7.06. The molecule has 1 saturated carbocycles. The van der Waals surface area contributed by atoms with E-state index in [0.717, 1.165) is 12.8 Å². The summed E-state index contributed by atoms with van der Waals surface area (Å²) in [6.07, 6.45) is 7.17. The number of phenolic OH excluding ortho intramolecular Hbond substituents is 1. The van der Waals surface area contributed by atoms with Crippen molar-refractivity contribution in [2.24, 2.45) is 5.92 Å². The van der Waals surface area contributed by atoms with Crippen LogP contribution in [-0.2, 0) is 0 Å². The van der Waals surface area contributed by atoms with E-state index in [0.29, 0.717) is 36.5 Å². The second-order valence-corrected chi connectivity index (χ2v) is 7.06. The molecule has 25 heavy (non-hydrogen) atoms. The van der Waals surface area contributed by atoms with Crippen LogP contribution in [0.5, 0.6) is 11.5 Å². The molecule has 0 spiro atoms. The normalized spacial score (nSPS) is 20.6. The van der Waals surface area contributed by atoms with E-state index in [1.54, 1.807) is 12.1 Å². The van der Waals surface area contributed by atoms with Gasteiger partial charge < -0.3 is 9.84 Å². The summed E-state index contributed by atoms with van der Waals surface area (Å²) in [5.74, 6) is 1.21. The summed E-state index contributed by atoms with van der Waals surface area (Å²) in [5.41, 5.74) is 1.50. The van der Waals surface area contributed by atoms with Gasteiger partial charge in [0.15, 0.2) is 6.29 Å². The van der Waals surface area contributed by atoms with E-state index in [9.17, 15) is 9.90 Å². The van der Waals surface area contributed by atoms with Crippen molar-refractivity contribution in [3.05, 3.63) is 41.7 Å². The fourth-order valence-electron chi connectivity index (χ4n) is 3.82. The lowest BCUT2D eigenvalue weighted by molar-refractivity contribution is 0.111. The molecule has 0 amide bonds. The highest BCUT2D eigenvalue weighted by molar-refractivity contribution is 5.83. The molecule has 134 valence electrons. The number of hydrogen-bond acceptors (Lipinski definition) is 4. The quantitative estimate of drug-likeness (QED) is 0.793. The lowest BCUT2D eigenvalue weighted by Gasteiger charge is -2.32. The van der Waals surface area contributed by atoms with Gasteiger partial charge in [-0.1, -0.05) is 18.9 Å². The largest absolute Gasteiger partial charge is 0.507 e. The molecule has 2 aromatic rings. The molecule has 0 radical (unpaired) electrons. The number of rotatable bonds is 6. The Kier molecular flexibility index (Phi) is 5.41. The zero-order valence-electron chi connectivity index (χ0n) is 14.9. The molecule has 1 aliphatic rings. The Morgan fingerprint density at radius 1 is 1.32 bits per heavy atom. The Balaban J connectivity index is 1.77. The van der Waals surface area contributed by atoms with E-state index in [1.807, 2.05) is 6.20 Å². The van der Waals surface area contributed by atoms with Gasteiger partial charge in [0.05, 0.1) is 12.2 Å². The average molecular weight is 342 g/mol. The molecule has 5 heteroatoms. The predicted octanol–water partition coefficient (Wildman–Crippen LogP) is 4.33. The van der Waals surface area contributed by atoms with Crippen LogP contribution in [-0.4, -0.2) is 27.8 Å². The third-order valence-corrected chi connectivity index (χ3v) is 5.09. The van der Waals surface area contributed by atoms with Crippen LogP contribution in [0, 0.1) is 5.92 Å². The summed E-state index contributed by atoms with van der Waals surface area (Å²) in [6.45, 7) is 4.83. The summed E-state index contributed by atoms with van der Waals surface area (Å²) in [7, 11) is 0. The van der Waals surface area contributed by atoms with E-state index >= 15 is 0 Å². The van der Waals surface area contributed by atoms with Gasteiger partial charge in [-0.25, -0.2) is 0 Å². The summed E-state index contributed by atoms with van der Waals surface area (Å²) < 4.78 is 8.06. The third kappa shape index (κ3) is 3.70. The number of carbonyl (C=O) groups excluding carboxylic acids is 1. The number of aromatic nitrogens is 2. The first-order valence-corrected chi connectivity index (χ1v) is 9.05. The van der Waals surface area contributed by atoms with Crippen molar-refractivity contribution in [3.8, 4) is 11.5 Å². The van der Waals surface area contributed by atoms with Gasteiger partial charge in [0, 0.05) is 29.8 Å². The second kappa shape index (κ2) is 7.72. The van der Waals surface area contributed by atoms with Crippen LogP contribution in [0.4, 0.5) is 0 Å².